The van der Waals surface area contributed by atoms with Gasteiger partial charge in [0.1, 0.15) is 11.8 Å². The van der Waals surface area contributed by atoms with Gasteiger partial charge in [-0.15, -0.1) is 0 Å². The number of hydrogen-bond donors (Lipinski definition) is 0. The predicted octanol–water partition coefficient (Wildman–Crippen LogP) is 4.12. The fourth-order valence-electron chi connectivity index (χ4n) is 3.09. The van der Waals surface area contributed by atoms with Crippen LogP contribution < -0.4 is 0 Å². The van der Waals surface area contributed by atoms with Crippen LogP contribution in [0.5, 0.6) is 0 Å². The molecule has 0 aliphatic carbocycles. The van der Waals surface area contributed by atoms with E-state index in [0.717, 1.165) is 38.5 Å². The molecule has 0 saturated heterocycles. The SMILES string of the molecule is c1cnc2c(-n3cnc4c5ncccc5ccc43)cccc2c1. The molecule has 3 heterocycles. The Labute approximate surface area is 132 Å². The summed E-state index contributed by atoms with van der Waals surface area (Å²) in [5.74, 6) is 0. The summed E-state index contributed by atoms with van der Waals surface area (Å²) in [5.41, 5.74) is 4.87. The monoisotopic (exact) mass is 296 g/mol. The average molecular weight is 296 g/mol. The summed E-state index contributed by atoms with van der Waals surface area (Å²) in [6, 6.07) is 18.4. The molecule has 0 atom stereocenters. The standard InChI is InChI=1S/C19H12N4/c1-4-13-5-2-10-20-17(13)15(7-1)23-12-22-19-16(23)9-8-14-6-3-11-21-18(14)19/h1-12H. The highest BCUT2D eigenvalue weighted by molar-refractivity contribution is 6.02. The van der Waals surface area contributed by atoms with Crippen LogP contribution in [0.15, 0.2) is 73.3 Å². The van der Waals surface area contributed by atoms with Crippen LogP contribution in [0.4, 0.5) is 0 Å². The van der Waals surface area contributed by atoms with Crippen molar-refractivity contribution in [1.29, 1.82) is 0 Å². The Morgan fingerprint density at radius 1 is 0.609 bits per heavy atom. The Bertz CT molecular complexity index is 1170. The highest BCUT2D eigenvalue weighted by Crippen LogP contribution is 2.27. The first-order valence-electron chi connectivity index (χ1n) is 7.47. The molecule has 0 radical (unpaired) electrons. The van der Waals surface area contributed by atoms with E-state index < -0.39 is 0 Å². The lowest BCUT2D eigenvalue weighted by molar-refractivity contribution is 1.10. The summed E-state index contributed by atoms with van der Waals surface area (Å²) in [6.07, 6.45) is 5.48. The van der Waals surface area contributed by atoms with Gasteiger partial charge in [-0.1, -0.05) is 30.3 Å². The molecule has 0 amide bonds. The van der Waals surface area contributed by atoms with E-state index in [0.29, 0.717) is 0 Å². The van der Waals surface area contributed by atoms with Crippen LogP contribution in [-0.2, 0) is 0 Å². The lowest BCUT2D eigenvalue weighted by Crippen LogP contribution is -1.94. The fraction of sp³-hybridized carbons (Fsp3) is 0. The first-order valence-corrected chi connectivity index (χ1v) is 7.47. The van der Waals surface area contributed by atoms with Crippen molar-refractivity contribution >= 4 is 32.8 Å². The molecule has 0 aliphatic rings. The summed E-state index contributed by atoms with van der Waals surface area (Å²) in [5, 5.41) is 2.21. The number of nitrogens with zero attached hydrogens (tertiary/aromatic N) is 4. The van der Waals surface area contributed by atoms with E-state index in [1.807, 2.05) is 30.7 Å². The molecular weight excluding hydrogens is 284 g/mol. The van der Waals surface area contributed by atoms with Crippen molar-refractivity contribution in [2.45, 2.75) is 0 Å². The molecule has 0 N–H and O–H groups in total. The minimum Gasteiger partial charge on any atom is -0.297 e. The summed E-state index contributed by atoms with van der Waals surface area (Å²) in [4.78, 5) is 13.6. The van der Waals surface area contributed by atoms with Crippen LogP contribution in [-0.4, -0.2) is 19.5 Å². The van der Waals surface area contributed by atoms with Gasteiger partial charge < -0.3 is 0 Å². The van der Waals surface area contributed by atoms with Gasteiger partial charge >= 0.3 is 0 Å². The minimum atomic E-state index is 0.913. The predicted molar refractivity (Wildman–Crippen MR) is 91.7 cm³/mol. The number of rotatable bonds is 1. The molecule has 0 spiro atoms. The number of pyridine rings is 2. The van der Waals surface area contributed by atoms with Crippen LogP contribution in [0.2, 0.25) is 0 Å². The van der Waals surface area contributed by atoms with Gasteiger partial charge in [0.05, 0.1) is 22.2 Å². The van der Waals surface area contributed by atoms with Crippen LogP contribution in [0, 0.1) is 0 Å². The van der Waals surface area contributed by atoms with Gasteiger partial charge in [0.2, 0.25) is 0 Å². The van der Waals surface area contributed by atoms with Gasteiger partial charge in [-0.3, -0.25) is 14.5 Å². The molecule has 5 rings (SSSR count). The topological polar surface area (TPSA) is 43.6 Å². The second-order valence-corrected chi connectivity index (χ2v) is 5.48. The summed E-state index contributed by atoms with van der Waals surface area (Å²) >= 11 is 0. The van der Waals surface area contributed by atoms with Crippen LogP contribution in [0.3, 0.4) is 0 Å². The van der Waals surface area contributed by atoms with Gasteiger partial charge in [0.25, 0.3) is 0 Å². The Kier molecular flexibility index (Phi) is 2.46. The lowest BCUT2D eigenvalue weighted by Gasteiger charge is -2.08. The molecular formula is C19H12N4. The highest BCUT2D eigenvalue weighted by atomic mass is 15.1. The minimum absolute atomic E-state index is 0.913. The molecule has 108 valence electrons. The molecule has 5 aromatic rings. The summed E-state index contributed by atoms with van der Waals surface area (Å²) in [7, 11) is 0. The first-order chi connectivity index (χ1) is 11.4. The number of aromatic nitrogens is 4. The third kappa shape index (κ3) is 1.75. The number of hydrogen-bond acceptors (Lipinski definition) is 3. The number of imidazole rings is 1. The first kappa shape index (κ1) is 12.3. The number of benzene rings is 2. The van der Waals surface area contributed by atoms with E-state index in [1.54, 1.807) is 6.20 Å². The third-order valence-corrected chi connectivity index (χ3v) is 4.16. The largest absolute Gasteiger partial charge is 0.297 e. The maximum atomic E-state index is 4.60. The maximum Gasteiger partial charge on any atom is 0.115 e. The Morgan fingerprint density at radius 3 is 2.22 bits per heavy atom. The zero-order valence-electron chi connectivity index (χ0n) is 12.2. The van der Waals surface area contributed by atoms with Crippen molar-refractivity contribution in [3.05, 3.63) is 73.3 Å². The molecule has 0 unspecified atom stereocenters. The Morgan fingerprint density at radius 2 is 1.35 bits per heavy atom. The highest BCUT2D eigenvalue weighted by Gasteiger charge is 2.11. The van der Waals surface area contributed by atoms with Crippen LogP contribution >= 0.6 is 0 Å². The molecule has 0 aliphatic heterocycles. The van der Waals surface area contributed by atoms with E-state index in [4.69, 9.17) is 0 Å². The van der Waals surface area contributed by atoms with E-state index in [2.05, 4.69) is 55.9 Å². The average Bonchev–Trinajstić information content (AvgIpc) is 3.05. The van der Waals surface area contributed by atoms with Gasteiger partial charge in [0, 0.05) is 23.2 Å². The van der Waals surface area contributed by atoms with E-state index in [-0.39, 0.29) is 0 Å². The zero-order chi connectivity index (χ0) is 15.2. The van der Waals surface area contributed by atoms with Crippen LogP contribution in [0.25, 0.3) is 38.5 Å². The second-order valence-electron chi connectivity index (χ2n) is 5.48. The smallest absolute Gasteiger partial charge is 0.115 e. The van der Waals surface area contributed by atoms with Crippen molar-refractivity contribution in [3.63, 3.8) is 0 Å². The van der Waals surface area contributed by atoms with E-state index in [1.165, 1.54) is 0 Å². The lowest BCUT2D eigenvalue weighted by atomic mass is 10.1. The van der Waals surface area contributed by atoms with Gasteiger partial charge in [-0.05, 0) is 24.3 Å². The molecule has 4 nitrogen and oxygen atoms in total. The van der Waals surface area contributed by atoms with Crippen molar-refractivity contribution in [2.75, 3.05) is 0 Å². The van der Waals surface area contributed by atoms with Crippen LogP contribution in [0.1, 0.15) is 0 Å². The molecule has 23 heavy (non-hydrogen) atoms. The van der Waals surface area contributed by atoms with Crippen molar-refractivity contribution in [3.8, 4) is 5.69 Å². The Balaban J connectivity index is 1.88. The molecule has 0 saturated carbocycles. The molecule has 0 fully saturated rings. The Hall–Kier alpha value is -3.27. The molecule has 2 aromatic carbocycles. The van der Waals surface area contributed by atoms with Gasteiger partial charge in [-0.2, -0.15) is 0 Å². The van der Waals surface area contributed by atoms with Crippen molar-refractivity contribution < 1.29 is 0 Å². The number of fused-ring (bicyclic) bond motifs is 4. The van der Waals surface area contributed by atoms with Gasteiger partial charge in [-0.25, -0.2) is 4.98 Å². The fourth-order valence-corrected chi connectivity index (χ4v) is 3.09. The zero-order valence-corrected chi connectivity index (χ0v) is 12.2. The summed E-state index contributed by atoms with van der Waals surface area (Å²) < 4.78 is 2.08. The second kappa shape index (κ2) is 4.61. The number of para-hydroxylation sites is 1. The van der Waals surface area contributed by atoms with Gasteiger partial charge in [0.15, 0.2) is 0 Å². The third-order valence-electron chi connectivity index (χ3n) is 4.16. The normalized spacial score (nSPS) is 11.5. The molecule has 0 bridgehead atoms. The maximum absolute atomic E-state index is 4.60. The quantitative estimate of drug-likeness (QED) is 0.467. The van der Waals surface area contributed by atoms with E-state index >= 15 is 0 Å². The molecule has 3 aromatic heterocycles. The summed E-state index contributed by atoms with van der Waals surface area (Å²) in [6.45, 7) is 0. The van der Waals surface area contributed by atoms with Crippen molar-refractivity contribution in [1.82, 2.24) is 19.5 Å². The van der Waals surface area contributed by atoms with E-state index in [9.17, 15) is 0 Å². The van der Waals surface area contributed by atoms with Crippen molar-refractivity contribution in [2.24, 2.45) is 0 Å². The molecule has 4 heteroatoms.